The molecule has 0 aromatic carbocycles. The molecule has 1 fully saturated rings. The maximum Gasteiger partial charge on any atom is 0.405 e. The number of halogens is 3. The van der Waals surface area contributed by atoms with Crippen LogP contribution in [0.25, 0.3) is 0 Å². The molecule has 1 aromatic heterocycles. The fourth-order valence-electron chi connectivity index (χ4n) is 3.62. The summed E-state index contributed by atoms with van der Waals surface area (Å²) in [7, 11) is 0. The summed E-state index contributed by atoms with van der Waals surface area (Å²) in [5, 5.41) is 2.91. The van der Waals surface area contributed by atoms with Gasteiger partial charge in [0.1, 0.15) is 11.2 Å². The highest BCUT2D eigenvalue weighted by molar-refractivity contribution is 5.95. The number of carbonyl (C=O) groups is 2. The van der Waals surface area contributed by atoms with Crippen LogP contribution in [0.3, 0.4) is 0 Å². The van der Waals surface area contributed by atoms with Gasteiger partial charge >= 0.3 is 6.09 Å². The zero-order chi connectivity index (χ0) is 22.7. The molecule has 8 nitrogen and oxygen atoms in total. The highest BCUT2D eigenvalue weighted by Crippen LogP contribution is 2.45. The number of nitrogens with two attached hydrogens (primary N) is 2. The SMILES string of the molecule is CC(C)(C)C1(OC(N)=O)CCC(Nc2nc(OCC(F)F)c(C(N)=O)cc2F)CC1. The lowest BCUT2D eigenvalue weighted by Crippen LogP contribution is -2.51. The molecule has 0 radical (unpaired) electrons. The summed E-state index contributed by atoms with van der Waals surface area (Å²) in [6, 6.07) is 0.568. The van der Waals surface area contributed by atoms with Crippen molar-refractivity contribution in [3.63, 3.8) is 0 Å². The number of anilines is 1. The molecule has 0 unspecified atom stereocenters. The van der Waals surface area contributed by atoms with Crippen molar-refractivity contribution in [3.05, 3.63) is 17.4 Å². The van der Waals surface area contributed by atoms with Gasteiger partial charge in [0.2, 0.25) is 5.88 Å². The third kappa shape index (κ3) is 5.45. The first-order valence-corrected chi connectivity index (χ1v) is 9.51. The molecule has 1 saturated carbocycles. The van der Waals surface area contributed by atoms with Crippen LogP contribution in [0.2, 0.25) is 0 Å². The molecule has 1 heterocycles. The van der Waals surface area contributed by atoms with E-state index in [-0.39, 0.29) is 17.3 Å². The Morgan fingerprint density at radius 2 is 1.90 bits per heavy atom. The van der Waals surface area contributed by atoms with Crippen molar-refractivity contribution in [1.29, 1.82) is 0 Å². The lowest BCUT2D eigenvalue weighted by atomic mass is 9.67. The molecule has 2 rings (SSSR count). The molecule has 0 spiro atoms. The Balaban J connectivity index is 2.18. The maximum atomic E-state index is 14.4. The van der Waals surface area contributed by atoms with E-state index < -0.39 is 47.9 Å². The number of amides is 2. The molecular weight excluding hydrogens is 405 g/mol. The van der Waals surface area contributed by atoms with E-state index in [1.165, 1.54) is 0 Å². The molecule has 168 valence electrons. The zero-order valence-electron chi connectivity index (χ0n) is 17.1. The van der Waals surface area contributed by atoms with E-state index in [2.05, 4.69) is 10.3 Å². The van der Waals surface area contributed by atoms with Gasteiger partial charge in [0.15, 0.2) is 18.2 Å². The number of primary amides is 2. The first kappa shape index (κ1) is 23.6. The van der Waals surface area contributed by atoms with Crippen molar-refractivity contribution in [1.82, 2.24) is 4.98 Å². The van der Waals surface area contributed by atoms with Crippen molar-refractivity contribution < 1.29 is 32.2 Å². The van der Waals surface area contributed by atoms with Crippen LogP contribution >= 0.6 is 0 Å². The Hall–Kier alpha value is -2.72. The number of alkyl halides is 2. The van der Waals surface area contributed by atoms with Gasteiger partial charge < -0.3 is 26.3 Å². The summed E-state index contributed by atoms with van der Waals surface area (Å²) in [6.45, 7) is 4.82. The van der Waals surface area contributed by atoms with Crippen LogP contribution in [0, 0.1) is 11.2 Å². The van der Waals surface area contributed by atoms with Gasteiger partial charge in [-0.15, -0.1) is 0 Å². The summed E-state index contributed by atoms with van der Waals surface area (Å²) in [5.41, 5.74) is 8.84. The van der Waals surface area contributed by atoms with E-state index in [4.69, 9.17) is 20.9 Å². The smallest absolute Gasteiger partial charge is 0.405 e. The third-order valence-corrected chi connectivity index (χ3v) is 5.35. The molecule has 5 N–H and O–H groups in total. The second-order valence-corrected chi connectivity index (χ2v) is 8.32. The zero-order valence-corrected chi connectivity index (χ0v) is 17.1. The fourth-order valence-corrected chi connectivity index (χ4v) is 3.62. The van der Waals surface area contributed by atoms with Crippen LogP contribution in [0.4, 0.5) is 23.8 Å². The summed E-state index contributed by atoms with van der Waals surface area (Å²) >= 11 is 0. The largest absolute Gasteiger partial charge is 0.471 e. The molecule has 0 aliphatic heterocycles. The number of rotatable bonds is 7. The van der Waals surface area contributed by atoms with Crippen LogP contribution in [0.1, 0.15) is 56.8 Å². The van der Waals surface area contributed by atoms with E-state index in [9.17, 15) is 22.8 Å². The first-order valence-electron chi connectivity index (χ1n) is 9.51. The summed E-state index contributed by atoms with van der Waals surface area (Å²) in [4.78, 5) is 26.7. The monoisotopic (exact) mass is 432 g/mol. The predicted molar refractivity (Wildman–Crippen MR) is 103 cm³/mol. The number of nitrogens with one attached hydrogen (secondary N) is 1. The van der Waals surface area contributed by atoms with Gasteiger partial charge in [0, 0.05) is 11.5 Å². The third-order valence-electron chi connectivity index (χ3n) is 5.35. The highest BCUT2D eigenvalue weighted by atomic mass is 19.3. The maximum absolute atomic E-state index is 14.4. The molecule has 2 amide bonds. The molecule has 0 bridgehead atoms. The number of pyridine rings is 1. The number of hydrogen-bond donors (Lipinski definition) is 3. The number of aromatic nitrogens is 1. The predicted octanol–water partition coefficient (Wildman–Crippen LogP) is 3.20. The molecule has 30 heavy (non-hydrogen) atoms. The minimum atomic E-state index is -2.80. The van der Waals surface area contributed by atoms with Crippen LogP contribution in [-0.2, 0) is 4.74 Å². The first-order chi connectivity index (χ1) is 13.8. The average molecular weight is 432 g/mol. The van der Waals surface area contributed by atoms with Gasteiger partial charge in [-0.25, -0.2) is 18.0 Å². The molecule has 0 saturated heterocycles. The van der Waals surface area contributed by atoms with Crippen LogP contribution in [0.5, 0.6) is 5.88 Å². The molecular formula is C19H27F3N4O4. The lowest BCUT2D eigenvalue weighted by Gasteiger charge is -2.47. The Kier molecular flexibility index (Phi) is 7.04. The second-order valence-electron chi connectivity index (χ2n) is 8.32. The van der Waals surface area contributed by atoms with Gasteiger partial charge in [0.05, 0.1) is 0 Å². The van der Waals surface area contributed by atoms with E-state index >= 15 is 0 Å². The Labute approximate surface area is 172 Å². The van der Waals surface area contributed by atoms with Crippen molar-refractivity contribution >= 4 is 17.8 Å². The molecule has 1 aliphatic carbocycles. The van der Waals surface area contributed by atoms with E-state index in [1.54, 1.807) is 0 Å². The minimum absolute atomic E-state index is 0.235. The Bertz CT molecular complexity index is 791. The van der Waals surface area contributed by atoms with Gasteiger partial charge in [-0.2, -0.15) is 4.98 Å². The van der Waals surface area contributed by atoms with Crippen molar-refractivity contribution in [3.8, 4) is 5.88 Å². The highest BCUT2D eigenvalue weighted by Gasteiger charge is 2.47. The topological polar surface area (TPSA) is 130 Å². The normalized spacial score (nSPS) is 21.9. The van der Waals surface area contributed by atoms with Crippen LogP contribution in [-0.4, -0.2) is 41.7 Å². The van der Waals surface area contributed by atoms with Crippen LogP contribution < -0.4 is 21.5 Å². The second kappa shape index (κ2) is 8.97. The van der Waals surface area contributed by atoms with Gasteiger partial charge in [0.25, 0.3) is 12.3 Å². The molecule has 1 aliphatic rings. The van der Waals surface area contributed by atoms with Crippen LogP contribution in [0.15, 0.2) is 6.07 Å². The van der Waals surface area contributed by atoms with Crippen molar-refractivity contribution in [2.45, 2.75) is 64.5 Å². The standard InChI is InChI=1S/C19H27F3N4O4/c1-18(2,3)19(30-17(24)28)6-4-10(5-7-19)25-15-12(20)8-11(14(23)27)16(26-15)29-9-13(21)22/h8,10,13H,4-7,9H2,1-3H3,(H2,23,27)(H2,24,28)(H,25,26). The summed E-state index contributed by atoms with van der Waals surface area (Å²) in [5.74, 6) is -2.63. The molecule has 0 atom stereocenters. The Morgan fingerprint density at radius 3 is 2.37 bits per heavy atom. The number of nitrogens with zero attached hydrogens (tertiary/aromatic N) is 1. The number of carbonyl (C=O) groups excluding carboxylic acids is 2. The lowest BCUT2D eigenvalue weighted by molar-refractivity contribution is -0.0905. The van der Waals surface area contributed by atoms with Gasteiger partial charge in [-0.05, 0) is 31.7 Å². The molecule has 11 heteroatoms. The Morgan fingerprint density at radius 1 is 1.30 bits per heavy atom. The fraction of sp³-hybridized carbons (Fsp3) is 0.632. The van der Waals surface area contributed by atoms with E-state index in [1.807, 2.05) is 20.8 Å². The van der Waals surface area contributed by atoms with Crippen molar-refractivity contribution in [2.24, 2.45) is 16.9 Å². The van der Waals surface area contributed by atoms with Gasteiger partial charge in [-0.1, -0.05) is 20.8 Å². The number of hydrogen-bond acceptors (Lipinski definition) is 6. The van der Waals surface area contributed by atoms with Crippen molar-refractivity contribution in [2.75, 3.05) is 11.9 Å². The quantitative estimate of drug-likeness (QED) is 0.607. The minimum Gasteiger partial charge on any atom is -0.471 e. The molecule has 1 aromatic rings. The van der Waals surface area contributed by atoms with E-state index in [0.29, 0.717) is 25.7 Å². The summed E-state index contributed by atoms with van der Waals surface area (Å²) in [6.07, 6.45) is -1.68. The average Bonchev–Trinajstić information content (AvgIpc) is 2.61. The summed E-state index contributed by atoms with van der Waals surface area (Å²) < 4.78 is 49.6. The number of ether oxygens (including phenoxy) is 2. The van der Waals surface area contributed by atoms with E-state index in [0.717, 1.165) is 6.07 Å². The van der Waals surface area contributed by atoms with Gasteiger partial charge in [-0.3, -0.25) is 4.79 Å².